The molecule has 2 heterocycles. The lowest BCUT2D eigenvalue weighted by Gasteiger charge is -2.35. The molecular weight excluding hydrogens is 196 g/mol. The zero-order valence-electron chi connectivity index (χ0n) is 10.5. The lowest BCUT2D eigenvalue weighted by molar-refractivity contribution is 0.255. The van der Waals surface area contributed by atoms with Crippen LogP contribution < -0.4 is 5.32 Å². The van der Waals surface area contributed by atoms with E-state index < -0.39 is 0 Å². The van der Waals surface area contributed by atoms with Gasteiger partial charge in [-0.25, -0.2) is 0 Å². The van der Waals surface area contributed by atoms with Crippen LogP contribution in [-0.2, 0) is 0 Å². The van der Waals surface area contributed by atoms with Gasteiger partial charge in [0.25, 0.3) is 0 Å². The maximum Gasteiger partial charge on any atom is 0.0372 e. The SMILES string of the molecule is Cc1ccc(C2CCNCC2C(C)C)cn1. The third kappa shape index (κ3) is 2.43. The first-order valence-corrected chi connectivity index (χ1v) is 6.31. The highest BCUT2D eigenvalue weighted by molar-refractivity contribution is 5.19. The van der Waals surface area contributed by atoms with Gasteiger partial charge in [0.2, 0.25) is 0 Å². The Kier molecular flexibility index (Phi) is 3.59. The largest absolute Gasteiger partial charge is 0.316 e. The molecule has 1 aliphatic rings. The van der Waals surface area contributed by atoms with E-state index in [1.807, 2.05) is 6.92 Å². The lowest BCUT2D eigenvalue weighted by Crippen LogP contribution is -2.38. The first kappa shape index (κ1) is 11.6. The zero-order chi connectivity index (χ0) is 11.5. The zero-order valence-corrected chi connectivity index (χ0v) is 10.5. The van der Waals surface area contributed by atoms with E-state index in [-0.39, 0.29) is 0 Å². The fourth-order valence-corrected chi connectivity index (χ4v) is 2.70. The molecule has 0 amide bonds. The number of rotatable bonds is 2. The normalized spacial score (nSPS) is 26.0. The summed E-state index contributed by atoms with van der Waals surface area (Å²) in [6.45, 7) is 8.99. The Hall–Kier alpha value is -0.890. The molecule has 1 saturated heterocycles. The fourth-order valence-electron chi connectivity index (χ4n) is 2.70. The summed E-state index contributed by atoms with van der Waals surface area (Å²) >= 11 is 0. The van der Waals surface area contributed by atoms with E-state index in [0.29, 0.717) is 5.92 Å². The third-order valence-electron chi connectivity index (χ3n) is 3.75. The van der Waals surface area contributed by atoms with Gasteiger partial charge in [0.1, 0.15) is 0 Å². The molecular formula is C14H22N2. The average Bonchev–Trinajstić information content (AvgIpc) is 2.30. The standard InChI is InChI=1S/C14H22N2/c1-10(2)14-9-15-7-6-13(14)12-5-4-11(3)16-8-12/h4-5,8,10,13-15H,6-7,9H2,1-3H3. The molecule has 0 spiro atoms. The molecule has 2 rings (SSSR count). The highest BCUT2D eigenvalue weighted by Gasteiger charge is 2.28. The van der Waals surface area contributed by atoms with Crippen LogP contribution in [0.1, 0.15) is 37.4 Å². The van der Waals surface area contributed by atoms with Gasteiger partial charge in [0.15, 0.2) is 0 Å². The predicted octanol–water partition coefficient (Wildman–Crippen LogP) is 2.74. The van der Waals surface area contributed by atoms with E-state index in [0.717, 1.165) is 30.6 Å². The number of aromatic nitrogens is 1. The van der Waals surface area contributed by atoms with Gasteiger partial charge in [0.05, 0.1) is 0 Å². The molecule has 1 N–H and O–H groups in total. The average molecular weight is 218 g/mol. The van der Waals surface area contributed by atoms with E-state index in [1.165, 1.54) is 12.0 Å². The maximum atomic E-state index is 4.43. The molecule has 1 aromatic heterocycles. The summed E-state index contributed by atoms with van der Waals surface area (Å²) in [6, 6.07) is 4.39. The van der Waals surface area contributed by atoms with Crippen molar-refractivity contribution in [2.24, 2.45) is 11.8 Å². The van der Waals surface area contributed by atoms with Gasteiger partial charge in [-0.3, -0.25) is 4.98 Å². The third-order valence-corrected chi connectivity index (χ3v) is 3.75. The van der Waals surface area contributed by atoms with Crippen LogP contribution in [0.5, 0.6) is 0 Å². The Morgan fingerprint density at radius 1 is 1.38 bits per heavy atom. The second-order valence-corrected chi connectivity index (χ2v) is 5.24. The highest BCUT2D eigenvalue weighted by Crippen LogP contribution is 2.34. The summed E-state index contributed by atoms with van der Waals surface area (Å²) in [5, 5.41) is 3.51. The van der Waals surface area contributed by atoms with Crippen molar-refractivity contribution in [3.8, 4) is 0 Å². The number of piperidine rings is 1. The second kappa shape index (κ2) is 4.96. The van der Waals surface area contributed by atoms with Crippen molar-refractivity contribution in [2.45, 2.75) is 33.1 Å². The van der Waals surface area contributed by atoms with Gasteiger partial charge in [-0.15, -0.1) is 0 Å². The Labute approximate surface area is 98.5 Å². The van der Waals surface area contributed by atoms with Crippen LogP contribution in [0.3, 0.4) is 0 Å². The summed E-state index contributed by atoms with van der Waals surface area (Å²) in [7, 11) is 0. The number of pyridine rings is 1. The highest BCUT2D eigenvalue weighted by atomic mass is 14.9. The van der Waals surface area contributed by atoms with Crippen LogP contribution in [0.15, 0.2) is 18.3 Å². The van der Waals surface area contributed by atoms with E-state index in [4.69, 9.17) is 0 Å². The van der Waals surface area contributed by atoms with Gasteiger partial charge < -0.3 is 5.32 Å². The molecule has 88 valence electrons. The van der Waals surface area contributed by atoms with Gasteiger partial charge in [-0.1, -0.05) is 19.9 Å². The lowest BCUT2D eigenvalue weighted by atomic mass is 9.76. The molecule has 0 radical (unpaired) electrons. The van der Waals surface area contributed by atoms with Crippen LogP contribution in [0.2, 0.25) is 0 Å². The molecule has 2 atom stereocenters. The molecule has 2 nitrogen and oxygen atoms in total. The monoisotopic (exact) mass is 218 g/mol. The number of nitrogens with zero attached hydrogens (tertiary/aromatic N) is 1. The molecule has 16 heavy (non-hydrogen) atoms. The molecule has 0 aromatic carbocycles. The molecule has 1 aromatic rings. The Bertz CT molecular complexity index is 329. The van der Waals surface area contributed by atoms with E-state index >= 15 is 0 Å². The smallest absolute Gasteiger partial charge is 0.0372 e. The van der Waals surface area contributed by atoms with Crippen LogP contribution in [0, 0.1) is 18.8 Å². The van der Waals surface area contributed by atoms with E-state index in [2.05, 4.69) is 42.5 Å². The molecule has 1 fully saturated rings. The van der Waals surface area contributed by atoms with E-state index in [9.17, 15) is 0 Å². The predicted molar refractivity (Wildman–Crippen MR) is 67.5 cm³/mol. The molecule has 1 aliphatic heterocycles. The van der Waals surface area contributed by atoms with Gasteiger partial charge in [-0.2, -0.15) is 0 Å². The van der Waals surface area contributed by atoms with Crippen molar-refractivity contribution in [2.75, 3.05) is 13.1 Å². The summed E-state index contributed by atoms with van der Waals surface area (Å²) in [4.78, 5) is 4.43. The van der Waals surface area contributed by atoms with Crippen molar-refractivity contribution in [1.29, 1.82) is 0 Å². The first-order chi connectivity index (χ1) is 7.68. The minimum atomic E-state index is 0.689. The van der Waals surface area contributed by atoms with Gasteiger partial charge >= 0.3 is 0 Å². The Morgan fingerprint density at radius 3 is 2.81 bits per heavy atom. The fraction of sp³-hybridized carbons (Fsp3) is 0.643. The van der Waals surface area contributed by atoms with Crippen molar-refractivity contribution in [1.82, 2.24) is 10.3 Å². The molecule has 2 unspecified atom stereocenters. The maximum absolute atomic E-state index is 4.43. The Balaban J connectivity index is 2.19. The van der Waals surface area contributed by atoms with Crippen molar-refractivity contribution >= 4 is 0 Å². The summed E-state index contributed by atoms with van der Waals surface area (Å²) in [6.07, 6.45) is 3.31. The summed E-state index contributed by atoms with van der Waals surface area (Å²) < 4.78 is 0. The van der Waals surface area contributed by atoms with Crippen molar-refractivity contribution in [3.63, 3.8) is 0 Å². The van der Waals surface area contributed by atoms with Crippen molar-refractivity contribution in [3.05, 3.63) is 29.6 Å². The summed E-state index contributed by atoms with van der Waals surface area (Å²) in [5.74, 6) is 2.17. The first-order valence-electron chi connectivity index (χ1n) is 6.31. The van der Waals surface area contributed by atoms with Crippen LogP contribution in [-0.4, -0.2) is 18.1 Å². The number of hydrogen-bond donors (Lipinski definition) is 1. The van der Waals surface area contributed by atoms with Crippen molar-refractivity contribution < 1.29 is 0 Å². The van der Waals surface area contributed by atoms with Gasteiger partial charge in [-0.05, 0) is 55.8 Å². The van der Waals surface area contributed by atoms with Crippen LogP contribution >= 0.6 is 0 Å². The molecule has 0 saturated carbocycles. The number of aryl methyl sites for hydroxylation is 1. The molecule has 2 heteroatoms. The van der Waals surface area contributed by atoms with E-state index in [1.54, 1.807) is 0 Å². The quantitative estimate of drug-likeness (QED) is 0.825. The second-order valence-electron chi connectivity index (χ2n) is 5.24. The van der Waals surface area contributed by atoms with Crippen LogP contribution in [0.4, 0.5) is 0 Å². The summed E-state index contributed by atoms with van der Waals surface area (Å²) in [5.41, 5.74) is 2.53. The van der Waals surface area contributed by atoms with Gasteiger partial charge in [0, 0.05) is 11.9 Å². The Morgan fingerprint density at radius 2 is 2.19 bits per heavy atom. The molecule has 0 aliphatic carbocycles. The minimum Gasteiger partial charge on any atom is -0.316 e. The number of nitrogens with one attached hydrogen (secondary N) is 1. The van der Waals surface area contributed by atoms with Crippen LogP contribution in [0.25, 0.3) is 0 Å². The topological polar surface area (TPSA) is 24.9 Å². The molecule has 0 bridgehead atoms. The minimum absolute atomic E-state index is 0.689. The number of hydrogen-bond acceptors (Lipinski definition) is 2.